The molecule has 3 N–H and O–H groups in total. The maximum atomic E-state index is 5.85. The predicted molar refractivity (Wildman–Crippen MR) is 92.6 cm³/mol. The zero-order valence-corrected chi connectivity index (χ0v) is 14.1. The molecule has 2 nitrogen and oxygen atoms in total. The van der Waals surface area contributed by atoms with Crippen molar-refractivity contribution >= 4 is 11.8 Å². The summed E-state index contributed by atoms with van der Waals surface area (Å²) in [6.45, 7) is 6.51. The van der Waals surface area contributed by atoms with Gasteiger partial charge in [0.1, 0.15) is 0 Å². The highest BCUT2D eigenvalue weighted by atomic mass is 32.2. The molecule has 112 valence electrons. The average molecular weight is 300 g/mol. The minimum atomic E-state index is 0.133. The summed E-state index contributed by atoms with van der Waals surface area (Å²) in [6.07, 6.45) is 3.01. The molecule has 0 radical (unpaired) electrons. The van der Waals surface area contributed by atoms with Crippen LogP contribution in [0, 0.1) is 20.8 Å². The standard InChI is InChI=1S/C18H24N2S/c1-12-9-13(2)16(14(3)10-12)11-17(20-19)15-7-5-6-8-18(15)21-4/h5-10,17,20H,11,19H2,1-4H3. The molecule has 0 spiro atoms. The van der Waals surface area contributed by atoms with Gasteiger partial charge in [0, 0.05) is 4.90 Å². The number of hydrogen-bond donors (Lipinski definition) is 2. The van der Waals surface area contributed by atoms with Crippen LogP contribution in [-0.2, 0) is 6.42 Å². The average Bonchev–Trinajstić information content (AvgIpc) is 2.46. The molecule has 0 aliphatic carbocycles. The van der Waals surface area contributed by atoms with Gasteiger partial charge in [0.05, 0.1) is 6.04 Å². The lowest BCUT2D eigenvalue weighted by molar-refractivity contribution is 0.542. The Labute approximate surface area is 132 Å². The van der Waals surface area contributed by atoms with Gasteiger partial charge in [-0.1, -0.05) is 35.9 Å². The topological polar surface area (TPSA) is 38.0 Å². The lowest BCUT2D eigenvalue weighted by Gasteiger charge is -2.21. The summed E-state index contributed by atoms with van der Waals surface area (Å²) in [5.74, 6) is 5.85. The molecule has 0 aliphatic rings. The monoisotopic (exact) mass is 300 g/mol. The molecule has 2 aromatic rings. The van der Waals surface area contributed by atoms with E-state index >= 15 is 0 Å². The van der Waals surface area contributed by atoms with E-state index in [0.717, 1.165) is 6.42 Å². The first-order chi connectivity index (χ1) is 10.1. The van der Waals surface area contributed by atoms with E-state index in [2.05, 4.69) is 68.9 Å². The Balaban J connectivity index is 2.36. The first-order valence-electron chi connectivity index (χ1n) is 7.22. The van der Waals surface area contributed by atoms with Gasteiger partial charge in [-0.3, -0.25) is 11.3 Å². The number of hydrazine groups is 1. The molecular formula is C18H24N2S. The van der Waals surface area contributed by atoms with Crippen LogP contribution in [0.4, 0.5) is 0 Å². The minimum Gasteiger partial charge on any atom is -0.271 e. The Hall–Kier alpha value is -1.29. The zero-order chi connectivity index (χ0) is 15.4. The molecule has 0 saturated carbocycles. The zero-order valence-electron chi connectivity index (χ0n) is 13.2. The Morgan fingerprint density at radius 2 is 1.71 bits per heavy atom. The van der Waals surface area contributed by atoms with Crippen molar-refractivity contribution in [1.29, 1.82) is 0 Å². The van der Waals surface area contributed by atoms with Crippen LogP contribution in [0.2, 0.25) is 0 Å². The van der Waals surface area contributed by atoms with Gasteiger partial charge in [-0.2, -0.15) is 0 Å². The van der Waals surface area contributed by atoms with E-state index in [1.807, 2.05) is 0 Å². The van der Waals surface area contributed by atoms with Crippen LogP contribution in [0.25, 0.3) is 0 Å². The molecule has 0 amide bonds. The van der Waals surface area contributed by atoms with Gasteiger partial charge in [0.25, 0.3) is 0 Å². The van der Waals surface area contributed by atoms with E-state index in [0.29, 0.717) is 0 Å². The SMILES string of the molecule is CSc1ccccc1C(Cc1c(C)cc(C)cc1C)NN. The van der Waals surface area contributed by atoms with E-state index in [9.17, 15) is 0 Å². The minimum absolute atomic E-state index is 0.133. The summed E-state index contributed by atoms with van der Waals surface area (Å²) in [5, 5.41) is 0. The van der Waals surface area contributed by atoms with Gasteiger partial charge in [-0.25, -0.2) is 0 Å². The lowest BCUT2D eigenvalue weighted by atomic mass is 9.92. The molecule has 2 aromatic carbocycles. The fraction of sp³-hybridized carbons (Fsp3) is 0.333. The summed E-state index contributed by atoms with van der Waals surface area (Å²) in [4.78, 5) is 1.28. The molecule has 0 bridgehead atoms. The Morgan fingerprint density at radius 1 is 1.10 bits per heavy atom. The van der Waals surface area contributed by atoms with Crippen molar-refractivity contribution in [2.24, 2.45) is 5.84 Å². The summed E-state index contributed by atoms with van der Waals surface area (Å²) < 4.78 is 0. The summed E-state index contributed by atoms with van der Waals surface area (Å²) in [6, 6.07) is 13.1. The van der Waals surface area contributed by atoms with Crippen molar-refractivity contribution in [3.63, 3.8) is 0 Å². The molecule has 0 aromatic heterocycles. The van der Waals surface area contributed by atoms with Gasteiger partial charge in [0.2, 0.25) is 0 Å². The van der Waals surface area contributed by atoms with Crippen LogP contribution in [0.1, 0.15) is 33.9 Å². The third-order valence-corrected chi connectivity index (χ3v) is 4.78. The molecule has 1 atom stereocenters. The van der Waals surface area contributed by atoms with Gasteiger partial charge < -0.3 is 0 Å². The van der Waals surface area contributed by atoms with E-state index in [-0.39, 0.29) is 6.04 Å². The normalized spacial score (nSPS) is 12.4. The van der Waals surface area contributed by atoms with Crippen molar-refractivity contribution in [1.82, 2.24) is 5.43 Å². The van der Waals surface area contributed by atoms with E-state index in [1.54, 1.807) is 11.8 Å². The maximum Gasteiger partial charge on any atom is 0.0511 e. The molecular weight excluding hydrogens is 276 g/mol. The summed E-state index contributed by atoms with van der Waals surface area (Å²) in [7, 11) is 0. The summed E-state index contributed by atoms with van der Waals surface area (Å²) >= 11 is 1.76. The molecule has 2 rings (SSSR count). The largest absolute Gasteiger partial charge is 0.271 e. The second-order valence-corrected chi connectivity index (χ2v) is 6.39. The number of thioether (sulfide) groups is 1. The van der Waals surface area contributed by atoms with Crippen LogP contribution in [0.3, 0.4) is 0 Å². The lowest BCUT2D eigenvalue weighted by Crippen LogP contribution is -2.30. The van der Waals surface area contributed by atoms with Gasteiger partial charge in [-0.15, -0.1) is 11.8 Å². The quantitative estimate of drug-likeness (QED) is 0.496. The Kier molecular flexibility index (Phi) is 5.45. The fourth-order valence-corrected chi connectivity index (χ4v) is 3.61. The van der Waals surface area contributed by atoms with Gasteiger partial charge in [-0.05, 0) is 61.8 Å². The van der Waals surface area contributed by atoms with Crippen LogP contribution in [0.15, 0.2) is 41.3 Å². The maximum absolute atomic E-state index is 5.85. The number of nitrogens with two attached hydrogens (primary N) is 1. The Bertz CT molecular complexity index is 599. The number of aryl methyl sites for hydroxylation is 3. The van der Waals surface area contributed by atoms with Crippen LogP contribution >= 0.6 is 11.8 Å². The highest BCUT2D eigenvalue weighted by Gasteiger charge is 2.16. The number of hydrogen-bond acceptors (Lipinski definition) is 3. The molecule has 3 heteroatoms. The second-order valence-electron chi connectivity index (χ2n) is 5.54. The number of rotatable bonds is 5. The molecule has 21 heavy (non-hydrogen) atoms. The van der Waals surface area contributed by atoms with Crippen LogP contribution in [-0.4, -0.2) is 6.26 Å². The first-order valence-corrected chi connectivity index (χ1v) is 8.45. The van der Waals surface area contributed by atoms with Crippen molar-refractivity contribution in [2.45, 2.75) is 38.1 Å². The van der Waals surface area contributed by atoms with Crippen molar-refractivity contribution in [2.75, 3.05) is 6.26 Å². The molecule has 0 aliphatic heterocycles. The Morgan fingerprint density at radius 3 is 2.29 bits per heavy atom. The smallest absolute Gasteiger partial charge is 0.0511 e. The van der Waals surface area contributed by atoms with Crippen molar-refractivity contribution in [3.05, 3.63) is 64.2 Å². The summed E-state index contributed by atoms with van der Waals surface area (Å²) in [5.41, 5.74) is 9.66. The molecule has 1 unspecified atom stereocenters. The predicted octanol–water partition coefficient (Wildman–Crippen LogP) is 4.08. The van der Waals surface area contributed by atoms with Crippen LogP contribution in [0.5, 0.6) is 0 Å². The van der Waals surface area contributed by atoms with Crippen LogP contribution < -0.4 is 11.3 Å². The van der Waals surface area contributed by atoms with Crippen molar-refractivity contribution in [3.8, 4) is 0 Å². The highest BCUT2D eigenvalue weighted by Crippen LogP contribution is 2.29. The van der Waals surface area contributed by atoms with E-state index < -0.39 is 0 Å². The van der Waals surface area contributed by atoms with Gasteiger partial charge >= 0.3 is 0 Å². The fourth-order valence-electron chi connectivity index (χ4n) is 2.95. The molecule has 0 fully saturated rings. The number of benzene rings is 2. The molecule has 0 heterocycles. The van der Waals surface area contributed by atoms with Crippen molar-refractivity contribution < 1.29 is 0 Å². The third kappa shape index (κ3) is 3.67. The van der Waals surface area contributed by atoms with E-state index in [4.69, 9.17) is 5.84 Å². The van der Waals surface area contributed by atoms with E-state index in [1.165, 1.54) is 32.7 Å². The highest BCUT2D eigenvalue weighted by molar-refractivity contribution is 7.98. The molecule has 0 saturated heterocycles. The number of nitrogens with one attached hydrogen (secondary N) is 1. The first kappa shape index (κ1) is 16.1. The third-order valence-electron chi connectivity index (χ3n) is 3.96. The second kappa shape index (κ2) is 7.12. The van der Waals surface area contributed by atoms with Gasteiger partial charge in [0.15, 0.2) is 0 Å².